The largest absolute Gasteiger partial charge is 0.309 e. The molecule has 0 aromatic heterocycles. The van der Waals surface area contributed by atoms with Crippen molar-refractivity contribution in [1.82, 2.24) is 0 Å². The van der Waals surface area contributed by atoms with Gasteiger partial charge in [-0.05, 0) is 114 Å². The van der Waals surface area contributed by atoms with Gasteiger partial charge in [0.2, 0.25) is 0 Å². The fourth-order valence-corrected chi connectivity index (χ4v) is 9.87. The van der Waals surface area contributed by atoms with E-state index >= 15 is 0 Å². The first kappa shape index (κ1) is 36.5. The lowest BCUT2D eigenvalue weighted by Crippen LogP contribution is -2.14. The van der Waals surface area contributed by atoms with E-state index in [-0.39, 0.29) is 11.2 Å². The summed E-state index contributed by atoms with van der Waals surface area (Å²) in [6, 6.07) is 77.4. The van der Waals surface area contributed by atoms with Crippen LogP contribution in [0.2, 0.25) is 0 Å². The average molecular weight is 784 g/mol. The van der Waals surface area contributed by atoms with Gasteiger partial charge in [0.1, 0.15) is 5.82 Å². The molecule has 0 unspecified atom stereocenters. The van der Waals surface area contributed by atoms with Crippen molar-refractivity contribution < 1.29 is 4.39 Å². The number of hydrogen-bond acceptors (Lipinski definition) is 1. The second-order valence-corrected chi connectivity index (χ2v) is 16.6. The number of hydrogen-bond donors (Lipinski definition) is 0. The number of halogens is 1. The van der Waals surface area contributed by atoms with Crippen molar-refractivity contribution in [2.45, 2.75) is 19.3 Å². The third kappa shape index (κ3) is 6.06. The molecule has 0 bridgehead atoms. The van der Waals surface area contributed by atoms with Gasteiger partial charge in [-0.25, -0.2) is 4.39 Å². The topological polar surface area (TPSA) is 3.24 Å². The van der Waals surface area contributed by atoms with Gasteiger partial charge in [0, 0.05) is 22.1 Å². The van der Waals surface area contributed by atoms with Gasteiger partial charge in [-0.1, -0.05) is 196 Å². The summed E-state index contributed by atoms with van der Waals surface area (Å²) in [6.07, 6.45) is 0. The maximum absolute atomic E-state index is 14.2. The van der Waals surface area contributed by atoms with Crippen LogP contribution in [0.3, 0.4) is 0 Å². The molecule has 10 aromatic carbocycles. The third-order valence-corrected chi connectivity index (χ3v) is 12.8. The van der Waals surface area contributed by atoms with Gasteiger partial charge in [0.05, 0.1) is 11.4 Å². The Hall–Kier alpha value is -7.55. The monoisotopic (exact) mass is 783 g/mol. The van der Waals surface area contributed by atoms with Gasteiger partial charge >= 0.3 is 0 Å². The van der Waals surface area contributed by atoms with Crippen LogP contribution in [0.4, 0.5) is 21.5 Å². The molecular formula is C59H42FN. The van der Waals surface area contributed by atoms with Gasteiger partial charge in [-0.15, -0.1) is 0 Å². The zero-order chi connectivity index (χ0) is 41.1. The van der Waals surface area contributed by atoms with Gasteiger partial charge in [-0.3, -0.25) is 0 Å². The highest BCUT2D eigenvalue weighted by Gasteiger charge is 2.37. The minimum absolute atomic E-state index is 0.129. The van der Waals surface area contributed by atoms with Crippen LogP contribution in [0.1, 0.15) is 25.0 Å². The summed E-state index contributed by atoms with van der Waals surface area (Å²) in [5.74, 6) is -0.243. The van der Waals surface area contributed by atoms with Crippen LogP contribution in [0, 0.1) is 5.82 Å². The Morgan fingerprint density at radius 1 is 0.344 bits per heavy atom. The highest BCUT2D eigenvalue weighted by atomic mass is 19.1. The Labute approximate surface area is 356 Å². The van der Waals surface area contributed by atoms with Crippen LogP contribution in [0.5, 0.6) is 0 Å². The summed E-state index contributed by atoms with van der Waals surface area (Å²) in [4.78, 5) is 2.44. The molecule has 0 spiro atoms. The molecule has 1 aliphatic rings. The minimum atomic E-state index is -0.243. The molecule has 0 N–H and O–H groups in total. The Morgan fingerprint density at radius 3 is 1.67 bits per heavy atom. The molecule has 0 heterocycles. The second-order valence-electron chi connectivity index (χ2n) is 16.6. The van der Waals surface area contributed by atoms with Gasteiger partial charge < -0.3 is 4.90 Å². The molecule has 290 valence electrons. The van der Waals surface area contributed by atoms with Crippen LogP contribution >= 0.6 is 0 Å². The first-order valence-electron chi connectivity index (χ1n) is 21.0. The highest BCUT2D eigenvalue weighted by molar-refractivity contribution is 6.09. The van der Waals surface area contributed by atoms with E-state index in [2.05, 4.69) is 213 Å². The molecule has 61 heavy (non-hydrogen) atoms. The molecular weight excluding hydrogens is 742 g/mol. The maximum Gasteiger partial charge on any atom is 0.123 e. The lowest BCUT2D eigenvalue weighted by molar-refractivity contribution is 0.628. The van der Waals surface area contributed by atoms with Crippen molar-refractivity contribution in [1.29, 1.82) is 0 Å². The van der Waals surface area contributed by atoms with E-state index in [1.54, 1.807) is 12.1 Å². The van der Waals surface area contributed by atoms with Crippen LogP contribution in [-0.2, 0) is 5.41 Å². The SMILES string of the molecule is CC1(C)c2ccccc2-c2c(-c3cccc(N(c4ccc(-c5cccc6ccccc56)cc4)c4ccc(-c5ccc(F)cc5)c5ccccc45)c3-c3ccccc3)cccc21. The molecule has 1 nitrogen and oxygen atoms in total. The van der Waals surface area contributed by atoms with E-state index in [1.807, 2.05) is 12.1 Å². The molecule has 2 heteroatoms. The summed E-state index contributed by atoms with van der Waals surface area (Å²) in [5, 5.41) is 4.65. The molecule has 11 rings (SSSR count). The van der Waals surface area contributed by atoms with Crippen LogP contribution < -0.4 is 4.90 Å². The number of rotatable bonds is 7. The Balaban J connectivity index is 1.19. The first-order chi connectivity index (χ1) is 30.0. The summed E-state index contributed by atoms with van der Waals surface area (Å²) in [6.45, 7) is 4.70. The fourth-order valence-electron chi connectivity index (χ4n) is 9.87. The standard InChI is InChI=1S/C59H42FN/c1-59(2)53-26-11-10-22-52(53)58-51(24-13-27-54(58)59)50-25-14-28-56(57(50)42-16-4-3-5-17-42)61(44-35-31-41(32-36-44)46-23-12-18-39-15-6-7-19-45(39)46)55-38-37-47(40-29-33-43(60)34-30-40)48-20-8-9-21-49(48)55/h3-38H,1-2H3. The molecule has 0 saturated carbocycles. The predicted molar refractivity (Wildman–Crippen MR) is 255 cm³/mol. The molecule has 0 amide bonds. The van der Waals surface area contributed by atoms with E-state index < -0.39 is 0 Å². The number of fused-ring (bicyclic) bond motifs is 5. The van der Waals surface area contributed by atoms with Crippen molar-refractivity contribution in [3.05, 3.63) is 235 Å². The molecule has 0 aliphatic heterocycles. The zero-order valence-corrected chi connectivity index (χ0v) is 34.1. The summed E-state index contributed by atoms with van der Waals surface area (Å²) in [5.41, 5.74) is 17.4. The number of anilines is 3. The summed E-state index contributed by atoms with van der Waals surface area (Å²) < 4.78 is 14.2. The molecule has 0 atom stereocenters. The summed E-state index contributed by atoms with van der Waals surface area (Å²) >= 11 is 0. The van der Waals surface area contributed by atoms with Crippen molar-refractivity contribution in [2.75, 3.05) is 4.90 Å². The third-order valence-electron chi connectivity index (χ3n) is 12.8. The van der Waals surface area contributed by atoms with Gasteiger partial charge in [-0.2, -0.15) is 0 Å². The van der Waals surface area contributed by atoms with Crippen LogP contribution in [0.15, 0.2) is 218 Å². The van der Waals surface area contributed by atoms with E-state index in [0.717, 1.165) is 55.7 Å². The van der Waals surface area contributed by atoms with Crippen molar-refractivity contribution >= 4 is 38.6 Å². The Kier molecular flexibility index (Phi) is 8.75. The average Bonchev–Trinajstić information content (AvgIpc) is 3.55. The van der Waals surface area contributed by atoms with E-state index in [9.17, 15) is 4.39 Å². The van der Waals surface area contributed by atoms with Crippen LogP contribution in [0.25, 0.3) is 77.2 Å². The highest BCUT2D eigenvalue weighted by Crippen LogP contribution is 2.55. The molecule has 0 radical (unpaired) electrons. The normalized spacial score (nSPS) is 12.6. The minimum Gasteiger partial charge on any atom is -0.309 e. The quantitative estimate of drug-likeness (QED) is 0.156. The van der Waals surface area contributed by atoms with Crippen LogP contribution in [-0.4, -0.2) is 0 Å². The first-order valence-corrected chi connectivity index (χ1v) is 21.0. The van der Waals surface area contributed by atoms with E-state index in [0.29, 0.717) is 0 Å². The van der Waals surface area contributed by atoms with Gasteiger partial charge in [0.15, 0.2) is 0 Å². The molecule has 0 fully saturated rings. The fraction of sp³-hybridized carbons (Fsp3) is 0.0508. The molecule has 1 aliphatic carbocycles. The lowest BCUT2D eigenvalue weighted by Gasteiger charge is -2.31. The Bertz CT molecular complexity index is 3270. The smallest absolute Gasteiger partial charge is 0.123 e. The number of benzene rings is 10. The zero-order valence-electron chi connectivity index (χ0n) is 34.1. The van der Waals surface area contributed by atoms with Gasteiger partial charge in [0.25, 0.3) is 0 Å². The molecule has 0 saturated heterocycles. The maximum atomic E-state index is 14.2. The molecule has 10 aromatic rings. The summed E-state index contributed by atoms with van der Waals surface area (Å²) in [7, 11) is 0. The Morgan fingerprint density at radius 2 is 0.885 bits per heavy atom. The van der Waals surface area contributed by atoms with E-state index in [4.69, 9.17) is 0 Å². The predicted octanol–water partition coefficient (Wildman–Crippen LogP) is 16.6. The number of nitrogens with zero attached hydrogens (tertiary/aromatic N) is 1. The second kappa shape index (κ2) is 14.6. The van der Waals surface area contributed by atoms with Crippen molar-refractivity contribution in [3.63, 3.8) is 0 Å². The lowest BCUT2D eigenvalue weighted by atomic mass is 9.81. The van der Waals surface area contributed by atoms with E-state index in [1.165, 1.54) is 49.7 Å². The van der Waals surface area contributed by atoms with Crippen molar-refractivity contribution in [3.8, 4) is 55.6 Å². The van der Waals surface area contributed by atoms with Crippen molar-refractivity contribution in [2.24, 2.45) is 0 Å².